The van der Waals surface area contributed by atoms with Crippen LogP contribution in [0.3, 0.4) is 0 Å². The Morgan fingerprint density at radius 2 is 1.70 bits per heavy atom. The summed E-state index contributed by atoms with van der Waals surface area (Å²) in [5, 5.41) is 8.85. The maximum Gasteiger partial charge on any atom is 0.329 e. The number of aromatic nitrogens is 2. The molecule has 3 aromatic rings. The maximum absolute atomic E-state index is 10.8. The minimum Gasteiger partial charge on any atom is -0.480 e. The summed E-state index contributed by atoms with van der Waals surface area (Å²) in [5.41, 5.74) is 3.77. The summed E-state index contributed by atoms with van der Waals surface area (Å²) < 4.78 is 5.51. The third-order valence-electron chi connectivity index (χ3n) is 5.42. The molecule has 0 spiro atoms. The van der Waals surface area contributed by atoms with Crippen molar-refractivity contribution in [3.63, 3.8) is 0 Å². The molecule has 30 heavy (non-hydrogen) atoms. The van der Waals surface area contributed by atoms with E-state index >= 15 is 0 Å². The normalized spacial score (nSPS) is 18.9. The number of carbonyl (C=O) groups is 1. The highest BCUT2D eigenvalue weighted by Crippen LogP contribution is 2.32. The van der Waals surface area contributed by atoms with Crippen LogP contribution in [0, 0.1) is 0 Å². The highest BCUT2D eigenvalue weighted by Gasteiger charge is 2.28. The molecule has 1 aliphatic rings. The summed E-state index contributed by atoms with van der Waals surface area (Å²) in [6.07, 6.45) is 3.32. The molecule has 6 nitrogen and oxygen atoms in total. The molecule has 1 aromatic heterocycles. The molecule has 0 saturated carbocycles. The molecule has 6 heteroatoms. The van der Waals surface area contributed by atoms with Gasteiger partial charge in [0, 0.05) is 23.7 Å². The van der Waals surface area contributed by atoms with E-state index in [9.17, 15) is 4.79 Å². The van der Waals surface area contributed by atoms with Gasteiger partial charge in [-0.05, 0) is 19.8 Å². The van der Waals surface area contributed by atoms with Gasteiger partial charge >= 0.3 is 5.97 Å². The molecule has 0 bridgehead atoms. The molecule has 1 aliphatic heterocycles. The fourth-order valence-electron chi connectivity index (χ4n) is 3.93. The third kappa shape index (κ3) is 4.49. The van der Waals surface area contributed by atoms with Gasteiger partial charge in [-0.2, -0.15) is 0 Å². The Morgan fingerprint density at radius 1 is 1.07 bits per heavy atom. The quantitative estimate of drug-likeness (QED) is 0.662. The SMILES string of the molecule is C[C@@H]1C[C@H](OCC(=O)O)CCN1c1cnc(-c2ccccc2)c(-c2ccccc2)n1. The molecule has 2 heterocycles. The standard InChI is InChI=1S/C24H25N3O3/c1-17-14-20(30-16-22(28)29)12-13-27(17)21-15-25-23(18-8-4-2-5-9-18)24(26-21)19-10-6-3-7-11-19/h2-11,15,17,20H,12-14,16H2,1H3,(H,28,29)/t17-,20-/m1/s1. The van der Waals surface area contributed by atoms with Gasteiger partial charge in [-0.15, -0.1) is 0 Å². The zero-order valence-corrected chi connectivity index (χ0v) is 16.9. The van der Waals surface area contributed by atoms with Crippen LogP contribution in [0.15, 0.2) is 66.9 Å². The van der Waals surface area contributed by atoms with Gasteiger partial charge in [0.05, 0.1) is 23.7 Å². The number of hydrogen-bond donors (Lipinski definition) is 1. The molecule has 2 atom stereocenters. The number of carboxylic acid groups (broad SMARTS) is 1. The molecular formula is C24H25N3O3. The van der Waals surface area contributed by atoms with Crippen molar-refractivity contribution >= 4 is 11.8 Å². The Labute approximate surface area is 176 Å². The lowest BCUT2D eigenvalue weighted by atomic mass is 10.0. The van der Waals surface area contributed by atoms with Crippen LogP contribution in [0.2, 0.25) is 0 Å². The first-order valence-electron chi connectivity index (χ1n) is 10.2. The Kier molecular flexibility index (Phi) is 6.05. The molecule has 2 aromatic carbocycles. The molecule has 0 aliphatic carbocycles. The van der Waals surface area contributed by atoms with Crippen LogP contribution < -0.4 is 4.90 Å². The number of aliphatic carboxylic acids is 1. The summed E-state index contributed by atoms with van der Waals surface area (Å²) >= 11 is 0. The fraction of sp³-hybridized carbons (Fsp3) is 0.292. The van der Waals surface area contributed by atoms with Crippen LogP contribution in [-0.4, -0.2) is 46.3 Å². The van der Waals surface area contributed by atoms with E-state index in [0.717, 1.165) is 47.7 Å². The predicted octanol–water partition coefficient (Wildman–Crippen LogP) is 4.27. The van der Waals surface area contributed by atoms with E-state index in [1.807, 2.05) is 54.7 Å². The molecular weight excluding hydrogens is 378 g/mol. The van der Waals surface area contributed by atoms with Gasteiger partial charge in [0.1, 0.15) is 12.4 Å². The van der Waals surface area contributed by atoms with Crippen molar-refractivity contribution in [3.05, 3.63) is 66.9 Å². The summed E-state index contributed by atoms with van der Waals surface area (Å²) in [5.74, 6) is -0.0994. The summed E-state index contributed by atoms with van der Waals surface area (Å²) in [6.45, 7) is 2.62. The maximum atomic E-state index is 10.8. The van der Waals surface area contributed by atoms with Gasteiger partial charge in [-0.3, -0.25) is 4.98 Å². The summed E-state index contributed by atoms with van der Waals surface area (Å²) in [4.78, 5) is 22.8. The van der Waals surface area contributed by atoms with Gasteiger partial charge in [0.2, 0.25) is 0 Å². The summed E-state index contributed by atoms with van der Waals surface area (Å²) in [7, 11) is 0. The second kappa shape index (κ2) is 9.05. The average molecular weight is 403 g/mol. The van der Waals surface area contributed by atoms with Crippen LogP contribution in [-0.2, 0) is 9.53 Å². The molecule has 4 rings (SSSR count). The van der Waals surface area contributed by atoms with Crippen LogP contribution in [0.4, 0.5) is 5.82 Å². The van der Waals surface area contributed by atoms with E-state index in [1.54, 1.807) is 0 Å². The smallest absolute Gasteiger partial charge is 0.329 e. The van der Waals surface area contributed by atoms with Crippen LogP contribution >= 0.6 is 0 Å². The van der Waals surface area contributed by atoms with Gasteiger partial charge in [0.15, 0.2) is 0 Å². The summed E-state index contributed by atoms with van der Waals surface area (Å²) in [6, 6.07) is 20.4. The van der Waals surface area contributed by atoms with Crippen LogP contribution in [0.1, 0.15) is 19.8 Å². The van der Waals surface area contributed by atoms with Crippen LogP contribution in [0.5, 0.6) is 0 Å². The molecule has 1 saturated heterocycles. The minimum absolute atomic E-state index is 0.0440. The molecule has 0 radical (unpaired) electrons. The van der Waals surface area contributed by atoms with Crippen molar-refractivity contribution in [2.45, 2.75) is 31.9 Å². The Balaban J connectivity index is 1.63. The topological polar surface area (TPSA) is 75.6 Å². The number of hydrogen-bond acceptors (Lipinski definition) is 5. The largest absolute Gasteiger partial charge is 0.480 e. The van der Waals surface area contributed by atoms with Crippen molar-refractivity contribution in [3.8, 4) is 22.5 Å². The van der Waals surface area contributed by atoms with Crippen molar-refractivity contribution < 1.29 is 14.6 Å². The number of ether oxygens (including phenoxy) is 1. The van der Waals surface area contributed by atoms with E-state index in [0.29, 0.717) is 0 Å². The number of anilines is 1. The molecule has 0 unspecified atom stereocenters. The Morgan fingerprint density at radius 3 is 2.30 bits per heavy atom. The Hall–Kier alpha value is -3.25. The first-order valence-corrected chi connectivity index (χ1v) is 10.2. The lowest BCUT2D eigenvalue weighted by Gasteiger charge is -2.38. The van der Waals surface area contributed by atoms with E-state index in [4.69, 9.17) is 19.8 Å². The third-order valence-corrected chi connectivity index (χ3v) is 5.42. The van der Waals surface area contributed by atoms with Crippen molar-refractivity contribution in [2.24, 2.45) is 0 Å². The molecule has 0 amide bonds. The predicted molar refractivity (Wildman–Crippen MR) is 116 cm³/mol. The van der Waals surface area contributed by atoms with E-state index in [-0.39, 0.29) is 18.8 Å². The van der Waals surface area contributed by atoms with Crippen molar-refractivity contribution in [2.75, 3.05) is 18.1 Å². The van der Waals surface area contributed by atoms with Gasteiger partial charge in [-0.1, -0.05) is 60.7 Å². The lowest BCUT2D eigenvalue weighted by molar-refractivity contribution is -0.144. The molecule has 1 fully saturated rings. The van der Waals surface area contributed by atoms with E-state index in [2.05, 4.69) is 24.0 Å². The molecule has 154 valence electrons. The number of nitrogens with zero attached hydrogens (tertiary/aromatic N) is 3. The van der Waals surface area contributed by atoms with Gasteiger partial charge < -0.3 is 14.7 Å². The highest BCUT2D eigenvalue weighted by molar-refractivity contribution is 5.78. The average Bonchev–Trinajstić information content (AvgIpc) is 2.78. The minimum atomic E-state index is -0.931. The zero-order valence-electron chi connectivity index (χ0n) is 16.9. The first kappa shape index (κ1) is 20.0. The molecule has 1 N–H and O–H groups in total. The van der Waals surface area contributed by atoms with Crippen molar-refractivity contribution in [1.29, 1.82) is 0 Å². The van der Waals surface area contributed by atoms with Gasteiger partial charge in [0.25, 0.3) is 0 Å². The highest BCUT2D eigenvalue weighted by atomic mass is 16.5. The number of piperidine rings is 1. The Bertz CT molecular complexity index is 995. The van der Waals surface area contributed by atoms with E-state index < -0.39 is 5.97 Å². The van der Waals surface area contributed by atoms with Crippen molar-refractivity contribution in [1.82, 2.24) is 9.97 Å². The monoisotopic (exact) mass is 403 g/mol. The number of benzene rings is 2. The first-order chi connectivity index (χ1) is 14.6. The van der Waals surface area contributed by atoms with Crippen LogP contribution in [0.25, 0.3) is 22.5 Å². The second-order valence-corrected chi connectivity index (χ2v) is 7.55. The number of rotatable bonds is 6. The van der Waals surface area contributed by atoms with Gasteiger partial charge in [-0.25, -0.2) is 9.78 Å². The number of carboxylic acids is 1. The fourth-order valence-corrected chi connectivity index (χ4v) is 3.93. The zero-order chi connectivity index (χ0) is 20.9. The second-order valence-electron chi connectivity index (χ2n) is 7.55. The van der Waals surface area contributed by atoms with E-state index in [1.165, 1.54) is 0 Å². The lowest BCUT2D eigenvalue weighted by Crippen LogP contribution is -2.44.